The maximum Gasteiger partial charge on any atom is 0.258 e. The van der Waals surface area contributed by atoms with Crippen LogP contribution in [0.15, 0.2) is 78.0 Å². The summed E-state index contributed by atoms with van der Waals surface area (Å²) < 4.78 is 21.5. The molecule has 1 heterocycles. The van der Waals surface area contributed by atoms with Gasteiger partial charge in [0, 0.05) is 24.1 Å². The fourth-order valence-electron chi connectivity index (χ4n) is 3.17. The van der Waals surface area contributed by atoms with Gasteiger partial charge in [-0.2, -0.15) is 0 Å². The molecule has 1 N–H and O–H groups in total. The molecule has 1 aromatic heterocycles. The Morgan fingerprint density at radius 2 is 1.76 bits per heavy atom. The number of hydrogen-bond acceptors (Lipinski definition) is 5. The summed E-state index contributed by atoms with van der Waals surface area (Å²) in [7, 11) is 1.91. The quantitative estimate of drug-likeness (QED) is 0.282. The first-order chi connectivity index (χ1) is 16.0. The number of rotatable bonds is 8. The molecule has 1 amide bonds. The molecule has 6 nitrogen and oxygen atoms in total. The van der Waals surface area contributed by atoms with E-state index in [0.717, 1.165) is 22.2 Å². The molecule has 0 bridgehead atoms. The zero-order chi connectivity index (χ0) is 23.2. The lowest BCUT2D eigenvalue weighted by Crippen LogP contribution is -2.13. The van der Waals surface area contributed by atoms with Crippen molar-refractivity contribution in [2.75, 3.05) is 17.7 Å². The number of nitrogens with zero attached hydrogens (tertiary/aromatic N) is 3. The molecule has 33 heavy (non-hydrogen) atoms. The lowest BCUT2D eigenvalue weighted by atomic mass is 10.1. The summed E-state index contributed by atoms with van der Waals surface area (Å²) in [6.07, 6.45) is 0. The number of carbonyl (C=O) groups is 1. The molecule has 0 saturated carbocycles. The summed E-state index contributed by atoms with van der Waals surface area (Å²) in [5, 5.41) is 12.1. The average molecular weight is 463 g/mol. The van der Waals surface area contributed by atoms with Crippen molar-refractivity contribution in [3.05, 3.63) is 89.7 Å². The van der Waals surface area contributed by atoms with E-state index in [4.69, 9.17) is 4.74 Å². The SMILES string of the molecule is Cc1ccc(OCCSc2nnc(-c3ccc(NC(=O)c4ccccc4F)cc3)n2C)cc1. The number of aryl methyl sites for hydroxylation is 1. The normalized spacial score (nSPS) is 10.8. The molecule has 0 aliphatic rings. The van der Waals surface area contributed by atoms with Gasteiger partial charge in [-0.1, -0.05) is 41.6 Å². The average Bonchev–Trinajstić information content (AvgIpc) is 3.19. The Balaban J connectivity index is 1.34. The highest BCUT2D eigenvalue weighted by molar-refractivity contribution is 7.99. The van der Waals surface area contributed by atoms with Crippen molar-refractivity contribution in [3.8, 4) is 17.1 Å². The predicted octanol–water partition coefficient (Wildman–Crippen LogP) is 5.35. The predicted molar refractivity (Wildman–Crippen MR) is 128 cm³/mol. The third-order valence-corrected chi connectivity index (χ3v) is 5.94. The van der Waals surface area contributed by atoms with E-state index < -0.39 is 11.7 Å². The second-order valence-corrected chi connectivity index (χ2v) is 8.45. The first-order valence-corrected chi connectivity index (χ1v) is 11.4. The van der Waals surface area contributed by atoms with Gasteiger partial charge >= 0.3 is 0 Å². The van der Waals surface area contributed by atoms with Crippen LogP contribution in [0.4, 0.5) is 10.1 Å². The minimum absolute atomic E-state index is 0.00269. The van der Waals surface area contributed by atoms with Crippen molar-refractivity contribution in [2.45, 2.75) is 12.1 Å². The third-order valence-electron chi connectivity index (χ3n) is 4.96. The Hall–Kier alpha value is -3.65. The van der Waals surface area contributed by atoms with Crippen LogP contribution in [0.3, 0.4) is 0 Å². The van der Waals surface area contributed by atoms with Crippen LogP contribution < -0.4 is 10.1 Å². The Morgan fingerprint density at radius 1 is 1.03 bits per heavy atom. The topological polar surface area (TPSA) is 69.0 Å². The van der Waals surface area contributed by atoms with Gasteiger partial charge in [-0.25, -0.2) is 4.39 Å². The van der Waals surface area contributed by atoms with Gasteiger partial charge in [-0.05, 0) is 55.5 Å². The van der Waals surface area contributed by atoms with Crippen LogP contribution in [0.25, 0.3) is 11.4 Å². The van der Waals surface area contributed by atoms with Crippen LogP contribution in [0.1, 0.15) is 15.9 Å². The molecule has 0 atom stereocenters. The first-order valence-electron chi connectivity index (χ1n) is 10.4. The van der Waals surface area contributed by atoms with Crippen LogP contribution in [-0.4, -0.2) is 33.0 Å². The Morgan fingerprint density at radius 3 is 2.48 bits per heavy atom. The second kappa shape index (κ2) is 10.3. The third kappa shape index (κ3) is 5.59. The summed E-state index contributed by atoms with van der Waals surface area (Å²) in [5.74, 6) is 1.25. The number of carbonyl (C=O) groups excluding carboxylic acids is 1. The smallest absolute Gasteiger partial charge is 0.258 e. The van der Waals surface area contributed by atoms with Crippen molar-refractivity contribution in [3.63, 3.8) is 0 Å². The Kier molecular flexibility index (Phi) is 7.04. The maximum atomic E-state index is 13.8. The number of nitrogens with one attached hydrogen (secondary N) is 1. The highest BCUT2D eigenvalue weighted by atomic mass is 32.2. The number of benzene rings is 3. The lowest BCUT2D eigenvalue weighted by Gasteiger charge is -2.08. The minimum Gasteiger partial charge on any atom is -0.493 e. The van der Waals surface area contributed by atoms with Crippen LogP contribution in [0, 0.1) is 12.7 Å². The van der Waals surface area contributed by atoms with Gasteiger partial charge in [-0.3, -0.25) is 4.79 Å². The van der Waals surface area contributed by atoms with Gasteiger partial charge in [0.2, 0.25) is 0 Å². The summed E-state index contributed by atoms with van der Waals surface area (Å²) in [4.78, 5) is 12.3. The fourth-order valence-corrected chi connectivity index (χ4v) is 3.89. The lowest BCUT2D eigenvalue weighted by molar-refractivity contribution is 0.102. The highest BCUT2D eigenvalue weighted by Crippen LogP contribution is 2.24. The molecule has 0 aliphatic heterocycles. The van der Waals surface area contributed by atoms with Gasteiger partial charge in [0.05, 0.1) is 12.2 Å². The summed E-state index contributed by atoms with van der Waals surface area (Å²) in [5.41, 5.74) is 2.63. The Labute approximate surface area is 195 Å². The zero-order valence-corrected chi connectivity index (χ0v) is 19.1. The minimum atomic E-state index is -0.556. The molecule has 3 aromatic carbocycles. The molecule has 4 rings (SSSR count). The molecule has 0 spiro atoms. The maximum absolute atomic E-state index is 13.8. The number of anilines is 1. The van der Waals surface area contributed by atoms with Crippen molar-refractivity contribution >= 4 is 23.4 Å². The zero-order valence-electron chi connectivity index (χ0n) is 18.3. The van der Waals surface area contributed by atoms with Crippen molar-refractivity contribution in [1.29, 1.82) is 0 Å². The second-order valence-electron chi connectivity index (χ2n) is 7.39. The van der Waals surface area contributed by atoms with E-state index in [1.807, 2.05) is 54.9 Å². The number of thioether (sulfide) groups is 1. The molecule has 0 radical (unpaired) electrons. The van der Waals surface area contributed by atoms with Crippen molar-refractivity contribution in [1.82, 2.24) is 14.8 Å². The van der Waals surface area contributed by atoms with Crippen LogP contribution in [-0.2, 0) is 7.05 Å². The van der Waals surface area contributed by atoms with Crippen LogP contribution in [0.5, 0.6) is 5.75 Å². The number of amides is 1. The Bertz CT molecular complexity index is 1240. The van der Waals surface area contributed by atoms with E-state index >= 15 is 0 Å². The molecule has 168 valence electrons. The largest absolute Gasteiger partial charge is 0.493 e. The van der Waals surface area contributed by atoms with Gasteiger partial charge in [0.15, 0.2) is 11.0 Å². The van der Waals surface area contributed by atoms with E-state index in [2.05, 4.69) is 15.5 Å². The summed E-state index contributed by atoms with van der Waals surface area (Å²) in [6.45, 7) is 2.60. The van der Waals surface area contributed by atoms with E-state index in [1.54, 1.807) is 36.0 Å². The van der Waals surface area contributed by atoms with Gasteiger partial charge in [0.1, 0.15) is 11.6 Å². The molecule has 0 aliphatic carbocycles. The van der Waals surface area contributed by atoms with E-state index in [9.17, 15) is 9.18 Å². The first kappa shape index (κ1) is 22.5. The summed E-state index contributed by atoms with van der Waals surface area (Å²) in [6, 6.07) is 21.0. The molecule has 0 fully saturated rings. The number of aromatic nitrogens is 3. The van der Waals surface area contributed by atoms with E-state index in [-0.39, 0.29) is 5.56 Å². The highest BCUT2D eigenvalue weighted by Gasteiger charge is 2.13. The van der Waals surface area contributed by atoms with E-state index in [0.29, 0.717) is 18.1 Å². The molecule has 4 aromatic rings. The number of ether oxygens (including phenoxy) is 1. The van der Waals surface area contributed by atoms with Crippen molar-refractivity contribution < 1.29 is 13.9 Å². The number of halogens is 1. The molecular weight excluding hydrogens is 439 g/mol. The molecule has 0 saturated heterocycles. The van der Waals surface area contributed by atoms with Gasteiger partial charge < -0.3 is 14.6 Å². The van der Waals surface area contributed by atoms with Gasteiger partial charge in [-0.15, -0.1) is 10.2 Å². The number of hydrogen-bond donors (Lipinski definition) is 1. The molecule has 0 unspecified atom stereocenters. The monoisotopic (exact) mass is 462 g/mol. The molecule has 8 heteroatoms. The van der Waals surface area contributed by atoms with Gasteiger partial charge in [0.25, 0.3) is 5.91 Å². The fraction of sp³-hybridized carbons (Fsp3) is 0.160. The van der Waals surface area contributed by atoms with Crippen LogP contribution >= 0.6 is 11.8 Å². The van der Waals surface area contributed by atoms with Crippen LogP contribution in [0.2, 0.25) is 0 Å². The van der Waals surface area contributed by atoms with Crippen molar-refractivity contribution in [2.24, 2.45) is 7.05 Å². The standard InChI is InChI=1S/C25H23FN4O2S/c1-17-7-13-20(14-8-17)32-15-16-33-25-29-28-23(30(25)2)18-9-11-19(12-10-18)27-24(31)21-5-3-4-6-22(21)26/h3-14H,15-16H2,1-2H3,(H,27,31). The van der Waals surface area contributed by atoms with E-state index in [1.165, 1.54) is 17.7 Å². The molecular formula is C25H23FN4O2S. The summed E-state index contributed by atoms with van der Waals surface area (Å²) >= 11 is 1.57.